The molecule has 1 aliphatic rings. The zero-order chi connectivity index (χ0) is 26.8. The fourth-order valence-electron chi connectivity index (χ4n) is 3.94. The van der Waals surface area contributed by atoms with E-state index in [0.29, 0.717) is 17.7 Å². The van der Waals surface area contributed by atoms with Gasteiger partial charge >= 0.3 is 6.36 Å². The minimum absolute atomic E-state index is 0.0966. The maximum Gasteiger partial charge on any atom is 0.573 e. The predicted molar refractivity (Wildman–Crippen MR) is 123 cm³/mol. The van der Waals surface area contributed by atoms with E-state index in [-0.39, 0.29) is 42.1 Å². The zero-order valence-corrected chi connectivity index (χ0v) is 19.6. The van der Waals surface area contributed by atoms with Crippen LogP contribution in [0.15, 0.2) is 61.3 Å². The SMILES string of the molecule is C=C[C@](C)(CCC=O)N1C(=O)c2cccc(OCc3cn(-c4ccc(OC(F)(F)F)cc4)nn3)c2C1=O. The molecule has 0 N–H and O–H groups in total. The Morgan fingerprint density at radius 1 is 1.08 bits per heavy atom. The Morgan fingerprint density at radius 3 is 2.46 bits per heavy atom. The highest BCUT2D eigenvalue weighted by molar-refractivity contribution is 6.23. The number of hydrogen-bond acceptors (Lipinski definition) is 7. The van der Waals surface area contributed by atoms with E-state index in [4.69, 9.17) is 4.74 Å². The van der Waals surface area contributed by atoms with Gasteiger partial charge in [-0.1, -0.05) is 17.4 Å². The number of amides is 2. The lowest BCUT2D eigenvalue weighted by molar-refractivity contribution is -0.274. The molecule has 0 aliphatic carbocycles. The van der Waals surface area contributed by atoms with Crippen LogP contribution in [-0.4, -0.2) is 49.9 Å². The van der Waals surface area contributed by atoms with Gasteiger partial charge in [0.1, 0.15) is 30.1 Å². The topological polar surface area (TPSA) is 104 Å². The first-order valence-corrected chi connectivity index (χ1v) is 11.1. The molecule has 2 aromatic carbocycles. The van der Waals surface area contributed by atoms with Gasteiger partial charge in [0.05, 0.1) is 28.6 Å². The number of aldehydes is 1. The maximum atomic E-state index is 13.3. The molecular weight excluding hydrogens is 493 g/mol. The van der Waals surface area contributed by atoms with Gasteiger partial charge in [-0.05, 0) is 49.7 Å². The summed E-state index contributed by atoms with van der Waals surface area (Å²) in [7, 11) is 0. The quantitative estimate of drug-likeness (QED) is 0.226. The van der Waals surface area contributed by atoms with Crippen molar-refractivity contribution < 1.29 is 37.0 Å². The molecule has 2 heterocycles. The zero-order valence-electron chi connectivity index (χ0n) is 19.6. The van der Waals surface area contributed by atoms with Crippen LogP contribution in [0.3, 0.4) is 0 Å². The highest BCUT2D eigenvalue weighted by atomic mass is 19.4. The molecule has 0 saturated carbocycles. The van der Waals surface area contributed by atoms with Crippen LogP contribution in [0.4, 0.5) is 13.2 Å². The molecule has 0 fully saturated rings. The standard InChI is InChI=1S/C25H21F3N4O5/c1-3-24(2,12-5-13-33)32-22(34)19-6-4-7-20(21(19)23(32)35)36-15-16-14-31(30-29-16)17-8-10-18(11-9-17)37-25(26,27)28/h3-4,6-11,13-14H,1,5,12,15H2,2H3/t24-/m1/s1. The van der Waals surface area contributed by atoms with Gasteiger partial charge in [0, 0.05) is 6.42 Å². The largest absolute Gasteiger partial charge is 0.573 e. The second kappa shape index (κ2) is 9.88. The summed E-state index contributed by atoms with van der Waals surface area (Å²) in [6.07, 6.45) is -0.720. The number of fused-ring (bicyclic) bond motifs is 1. The fourth-order valence-corrected chi connectivity index (χ4v) is 3.94. The second-order valence-electron chi connectivity index (χ2n) is 8.38. The average molecular weight is 514 g/mol. The number of rotatable bonds is 10. The lowest BCUT2D eigenvalue weighted by Gasteiger charge is -2.34. The van der Waals surface area contributed by atoms with Crippen LogP contribution < -0.4 is 9.47 Å². The Hall–Kier alpha value is -4.48. The number of ether oxygens (including phenoxy) is 2. The van der Waals surface area contributed by atoms with Crippen molar-refractivity contribution in [2.24, 2.45) is 0 Å². The van der Waals surface area contributed by atoms with Crippen molar-refractivity contribution in [3.8, 4) is 17.2 Å². The van der Waals surface area contributed by atoms with Gasteiger partial charge in [0.25, 0.3) is 11.8 Å². The molecule has 4 rings (SSSR count). The first kappa shape index (κ1) is 25.6. The summed E-state index contributed by atoms with van der Waals surface area (Å²) in [5.41, 5.74) is 0.00767. The Labute approximate surface area is 209 Å². The third kappa shape index (κ3) is 5.22. The van der Waals surface area contributed by atoms with E-state index in [1.54, 1.807) is 19.1 Å². The summed E-state index contributed by atoms with van der Waals surface area (Å²) in [6.45, 7) is 5.30. The number of hydrogen-bond donors (Lipinski definition) is 0. The van der Waals surface area contributed by atoms with Gasteiger partial charge in [0.2, 0.25) is 0 Å². The maximum absolute atomic E-state index is 13.3. The summed E-state index contributed by atoms with van der Waals surface area (Å²) < 4.78 is 48.0. The Kier molecular flexibility index (Phi) is 6.84. The molecule has 1 aliphatic heterocycles. The molecule has 3 aromatic rings. The molecule has 0 bridgehead atoms. The first-order chi connectivity index (χ1) is 17.6. The average Bonchev–Trinajstić information content (AvgIpc) is 3.44. The van der Waals surface area contributed by atoms with Gasteiger partial charge in [-0.2, -0.15) is 0 Å². The van der Waals surface area contributed by atoms with E-state index in [2.05, 4.69) is 21.6 Å². The number of alkyl halides is 3. The van der Waals surface area contributed by atoms with Crippen LogP contribution >= 0.6 is 0 Å². The third-order valence-electron chi connectivity index (χ3n) is 5.85. The van der Waals surface area contributed by atoms with Crippen LogP contribution in [0.25, 0.3) is 5.69 Å². The van der Waals surface area contributed by atoms with E-state index in [0.717, 1.165) is 17.0 Å². The van der Waals surface area contributed by atoms with Gasteiger partial charge in [-0.25, -0.2) is 4.68 Å². The van der Waals surface area contributed by atoms with E-state index >= 15 is 0 Å². The number of nitrogens with zero attached hydrogens (tertiary/aromatic N) is 4. The minimum atomic E-state index is -4.79. The molecule has 192 valence electrons. The fraction of sp³-hybridized carbons (Fsp3) is 0.240. The normalized spacial score (nSPS) is 14.8. The summed E-state index contributed by atoms with van der Waals surface area (Å²) in [4.78, 5) is 38.3. The number of imide groups is 1. The van der Waals surface area contributed by atoms with E-state index < -0.39 is 23.7 Å². The van der Waals surface area contributed by atoms with Crippen LogP contribution in [0.5, 0.6) is 11.5 Å². The van der Waals surface area contributed by atoms with Crippen molar-refractivity contribution in [2.75, 3.05) is 0 Å². The smallest absolute Gasteiger partial charge is 0.486 e. The van der Waals surface area contributed by atoms with Crippen molar-refractivity contribution in [3.05, 3.63) is 78.1 Å². The van der Waals surface area contributed by atoms with Crippen molar-refractivity contribution >= 4 is 18.1 Å². The van der Waals surface area contributed by atoms with E-state index in [9.17, 15) is 27.6 Å². The lowest BCUT2D eigenvalue weighted by atomic mass is 9.94. The third-order valence-corrected chi connectivity index (χ3v) is 5.85. The molecule has 1 aromatic heterocycles. The van der Waals surface area contributed by atoms with Gasteiger partial charge < -0.3 is 14.3 Å². The van der Waals surface area contributed by atoms with Crippen LogP contribution in [0, 0.1) is 0 Å². The van der Waals surface area contributed by atoms with Crippen molar-refractivity contribution in [1.82, 2.24) is 19.9 Å². The Balaban J connectivity index is 1.50. The van der Waals surface area contributed by atoms with E-state index in [1.165, 1.54) is 35.2 Å². The minimum Gasteiger partial charge on any atom is -0.486 e. The summed E-state index contributed by atoms with van der Waals surface area (Å²) >= 11 is 0. The Bertz CT molecular complexity index is 1350. The molecule has 1 atom stereocenters. The summed E-state index contributed by atoms with van der Waals surface area (Å²) in [6, 6.07) is 9.71. The van der Waals surface area contributed by atoms with Gasteiger partial charge in [-0.15, -0.1) is 24.8 Å². The second-order valence-corrected chi connectivity index (χ2v) is 8.38. The molecule has 2 amide bonds. The number of aromatic nitrogens is 3. The van der Waals surface area contributed by atoms with Gasteiger partial charge in [-0.3, -0.25) is 14.5 Å². The van der Waals surface area contributed by atoms with Crippen LogP contribution in [0.2, 0.25) is 0 Å². The molecule has 0 saturated heterocycles. The van der Waals surface area contributed by atoms with Gasteiger partial charge in [0.15, 0.2) is 0 Å². The number of benzene rings is 2. The molecule has 0 spiro atoms. The summed E-state index contributed by atoms with van der Waals surface area (Å²) in [5, 5.41) is 7.93. The van der Waals surface area contributed by atoms with Crippen molar-refractivity contribution in [2.45, 2.75) is 38.3 Å². The summed E-state index contributed by atoms with van der Waals surface area (Å²) in [5.74, 6) is -1.27. The van der Waals surface area contributed by atoms with Crippen molar-refractivity contribution in [1.29, 1.82) is 0 Å². The van der Waals surface area contributed by atoms with Crippen LogP contribution in [0.1, 0.15) is 46.2 Å². The first-order valence-electron chi connectivity index (χ1n) is 11.1. The monoisotopic (exact) mass is 514 g/mol. The van der Waals surface area contributed by atoms with Crippen LogP contribution in [-0.2, 0) is 11.4 Å². The lowest BCUT2D eigenvalue weighted by Crippen LogP contribution is -2.48. The molecule has 0 unspecified atom stereocenters. The molecule has 37 heavy (non-hydrogen) atoms. The van der Waals surface area contributed by atoms with E-state index in [1.807, 2.05) is 0 Å². The predicted octanol–water partition coefficient (Wildman–Crippen LogP) is 4.26. The molecule has 0 radical (unpaired) electrons. The Morgan fingerprint density at radius 2 is 1.81 bits per heavy atom. The highest BCUT2D eigenvalue weighted by Crippen LogP contribution is 2.37. The molecule has 12 heteroatoms. The molecule has 9 nitrogen and oxygen atoms in total. The number of halogens is 3. The highest BCUT2D eigenvalue weighted by Gasteiger charge is 2.46. The number of carbonyl (C=O) groups is 3. The molecular formula is C25H21F3N4O5. The number of carbonyl (C=O) groups excluding carboxylic acids is 3. The van der Waals surface area contributed by atoms with Crippen molar-refractivity contribution in [3.63, 3.8) is 0 Å².